The molecule has 3 aromatic rings. The maximum atomic E-state index is 12.7. The molecule has 1 aromatic heterocycles. The number of thiocarbonyl (C=S) groups is 1. The zero-order valence-electron chi connectivity index (χ0n) is 15.2. The standard InChI is InChI=1S/C18H16ClN3O4S2/c1-24-11-5-4-6-12(25-2)15(11)16(23)21-17(27)22-18-20-10-7-9(19)13(26-3)8-14(10)28-18/h4-8H,1-3H3,(H2,20,21,22,23,27). The van der Waals surface area contributed by atoms with E-state index in [1.54, 1.807) is 37.4 Å². The molecule has 0 aliphatic rings. The predicted octanol–water partition coefficient (Wildman–Crippen LogP) is 4.10. The lowest BCUT2D eigenvalue weighted by Crippen LogP contribution is -2.34. The Hall–Kier alpha value is -2.62. The van der Waals surface area contributed by atoms with E-state index in [1.165, 1.54) is 25.6 Å². The lowest BCUT2D eigenvalue weighted by molar-refractivity contribution is 0.0971. The summed E-state index contributed by atoms with van der Waals surface area (Å²) >= 11 is 12.7. The Kier molecular flexibility index (Phi) is 6.18. The molecule has 2 N–H and O–H groups in total. The van der Waals surface area contributed by atoms with Gasteiger partial charge in [-0.25, -0.2) is 4.98 Å². The van der Waals surface area contributed by atoms with Crippen LogP contribution in [0.15, 0.2) is 30.3 Å². The molecule has 0 saturated heterocycles. The largest absolute Gasteiger partial charge is 0.496 e. The Bertz CT molecular complexity index is 1030. The highest BCUT2D eigenvalue weighted by molar-refractivity contribution is 7.80. The van der Waals surface area contributed by atoms with Gasteiger partial charge in [-0.05, 0) is 30.4 Å². The summed E-state index contributed by atoms with van der Waals surface area (Å²) in [6.45, 7) is 0. The number of carbonyl (C=O) groups is 1. The normalized spacial score (nSPS) is 10.4. The molecule has 10 heteroatoms. The SMILES string of the molecule is COc1cc2sc(NC(=S)NC(=O)c3c(OC)cccc3OC)nc2cc1Cl. The van der Waals surface area contributed by atoms with Gasteiger partial charge >= 0.3 is 0 Å². The molecule has 0 atom stereocenters. The van der Waals surface area contributed by atoms with Crippen LogP contribution >= 0.6 is 35.2 Å². The lowest BCUT2D eigenvalue weighted by atomic mass is 10.1. The second-order valence-corrected chi connectivity index (χ2v) is 7.27. The first-order valence-corrected chi connectivity index (χ1v) is 9.54. The van der Waals surface area contributed by atoms with Crippen molar-refractivity contribution in [3.63, 3.8) is 0 Å². The second-order valence-electron chi connectivity index (χ2n) is 5.42. The fraction of sp³-hybridized carbons (Fsp3) is 0.167. The Balaban J connectivity index is 1.77. The van der Waals surface area contributed by atoms with Crippen molar-refractivity contribution in [3.8, 4) is 17.2 Å². The van der Waals surface area contributed by atoms with Crippen molar-refractivity contribution in [1.82, 2.24) is 10.3 Å². The van der Waals surface area contributed by atoms with Gasteiger partial charge in [-0.2, -0.15) is 0 Å². The van der Waals surface area contributed by atoms with E-state index in [2.05, 4.69) is 15.6 Å². The first kappa shape index (κ1) is 20.1. The topological polar surface area (TPSA) is 81.7 Å². The number of nitrogens with zero attached hydrogens (tertiary/aromatic N) is 1. The molecular weight excluding hydrogens is 422 g/mol. The summed E-state index contributed by atoms with van der Waals surface area (Å²) in [5.41, 5.74) is 0.941. The summed E-state index contributed by atoms with van der Waals surface area (Å²) in [6.07, 6.45) is 0. The van der Waals surface area contributed by atoms with Crippen molar-refractivity contribution < 1.29 is 19.0 Å². The Morgan fingerprint density at radius 1 is 1.11 bits per heavy atom. The maximum absolute atomic E-state index is 12.7. The van der Waals surface area contributed by atoms with Gasteiger partial charge in [0.15, 0.2) is 10.2 Å². The minimum absolute atomic E-state index is 0.0927. The highest BCUT2D eigenvalue weighted by Crippen LogP contribution is 2.34. The van der Waals surface area contributed by atoms with E-state index in [1.807, 2.05) is 0 Å². The third-order valence-corrected chi connectivity index (χ3v) is 5.20. The van der Waals surface area contributed by atoms with Crippen LogP contribution in [0, 0.1) is 0 Å². The number of hydrogen-bond acceptors (Lipinski definition) is 7. The molecular formula is C18H16ClN3O4S2. The fourth-order valence-electron chi connectivity index (χ4n) is 2.51. The number of halogens is 1. The molecule has 1 amide bonds. The number of hydrogen-bond donors (Lipinski definition) is 2. The first-order valence-electron chi connectivity index (χ1n) is 7.94. The summed E-state index contributed by atoms with van der Waals surface area (Å²) in [5, 5.41) is 6.58. The number of aromatic nitrogens is 1. The van der Waals surface area contributed by atoms with Crippen molar-refractivity contribution in [2.24, 2.45) is 0 Å². The lowest BCUT2D eigenvalue weighted by Gasteiger charge is -2.13. The summed E-state index contributed by atoms with van der Waals surface area (Å²) in [7, 11) is 4.50. The number of methoxy groups -OCH3 is 3. The van der Waals surface area contributed by atoms with E-state index in [0.717, 1.165) is 4.70 Å². The van der Waals surface area contributed by atoms with Crippen LogP contribution in [0.25, 0.3) is 10.2 Å². The zero-order valence-corrected chi connectivity index (χ0v) is 17.6. The van der Waals surface area contributed by atoms with Crippen LogP contribution in [-0.4, -0.2) is 37.3 Å². The van der Waals surface area contributed by atoms with E-state index < -0.39 is 5.91 Å². The summed E-state index contributed by atoms with van der Waals surface area (Å²) in [6, 6.07) is 8.56. The molecule has 0 aliphatic heterocycles. The van der Waals surface area contributed by atoms with E-state index in [0.29, 0.717) is 32.9 Å². The number of anilines is 1. The number of nitrogens with one attached hydrogen (secondary N) is 2. The number of thiazole rings is 1. The average molecular weight is 438 g/mol. The average Bonchev–Trinajstić information content (AvgIpc) is 3.06. The van der Waals surface area contributed by atoms with Crippen LogP contribution < -0.4 is 24.8 Å². The van der Waals surface area contributed by atoms with E-state index in [9.17, 15) is 4.79 Å². The molecule has 0 aliphatic carbocycles. The van der Waals surface area contributed by atoms with Crippen molar-refractivity contribution in [2.75, 3.05) is 26.6 Å². The minimum atomic E-state index is -0.461. The highest BCUT2D eigenvalue weighted by atomic mass is 35.5. The van der Waals surface area contributed by atoms with Gasteiger partial charge in [0.2, 0.25) is 0 Å². The molecule has 3 rings (SSSR count). The maximum Gasteiger partial charge on any atom is 0.264 e. The van der Waals surface area contributed by atoms with Gasteiger partial charge in [0.1, 0.15) is 22.8 Å². The second kappa shape index (κ2) is 8.59. The van der Waals surface area contributed by atoms with Crippen LogP contribution in [0.5, 0.6) is 17.2 Å². The molecule has 0 radical (unpaired) electrons. The number of benzene rings is 2. The van der Waals surface area contributed by atoms with Gasteiger partial charge < -0.3 is 19.5 Å². The van der Waals surface area contributed by atoms with Crippen LogP contribution in [0.3, 0.4) is 0 Å². The summed E-state index contributed by atoms with van der Waals surface area (Å²) in [5.74, 6) is 0.851. The van der Waals surface area contributed by atoms with E-state index >= 15 is 0 Å². The number of rotatable bonds is 5. The predicted molar refractivity (Wildman–Crippen MR) is 114 cm³/mol. The van der Waals surface area contributed by atoms with Gasteiger partial charge in [-0.3, -0.25) is 10.1 Å². The van der Waals surface area contributed by atoms with Gasteiger partial charge in [0.25, 0.3) is 5.91 Å². The molecule has 7 nitrogen and oxygen atoms in total. The molecule has 28 heavy (non-hydrogen) atoms. The summed E-state index contributed by atoms with van der Waals surface area (Å²) in [4.78, 5) is 17.1. The number of ether oxygens (including phenoxy) is 3. The molecule has 146 valence electrons. The van der Waals surface area contributed by atoms with Crippen molar-refractivity contribution in [2.45, 2.75) is 0 Å². The molecule has 0 spiro atoms. The molecule has 0 unspecified atom stereocenters. The highest BCUT2D eigenvalue weighted by Gasteiger charge is 2.19. The van der Waals surface area contributed by atoms with Gasteiger partial charge in [0.05, 0.1) is 36.6 Å². The number of carbonyl (C=O) groups excluding carboxylic acids is 1. The van der Waals surface area contributed by atoms with Crippen molar-refractivity contribution >= 4 is 61.5 Å². The van der Waals surface area contributed by atoms with Gasteiger partial charge in [0, 0.05) is 6.07 Å². The smallest absolute Gasteiger partial charge is 0.264 e. The molecule has 0 bridgehead atoms. The Morgan fingerprint density at radius 2 is 1.75 bits per heavy atom. The monoisotopic (exact) mass is 437 g/mol. The quantitative estimate of drug-likeness (QED) is 0.581. The number of amides is 1. The van der Waals surface area contributed by atoms with Crippen LogP contribution in [-0.2, 0) is 0 Å². The Labute approximate surface area is 175 Å². The molecule has 1 heterocycles. The zero-order chi connectivity index (χ0) is 20.3. The third-order valence-electron chi connectivity index (χ3n) is 3.76. The fourth-order valence-corrected chi connectivity index (χ4v) is 3.88. The molecule has 0 fully saturated rings. The van der Waals surface area contributed by atoms with Crippen LogP contribution in [0.4, 0.5) is 5.13 Å². The van der Waals surface area contributed by atoms with Crippen molar-refractivity contribution in [3.05, 3.63) is 40.9 Å². The molecule has 0 saturated carbocycles. The Morgan fingerprint density at radius 3 is 2.36 bits per heavy atom. The van der Waals surface area contributed by atoms with Gasteiger partial charge in [-0.15, -0.1) is 0 Å². The first-order chi connectivity index (χ1) is 13.5. The minimum Gasteiger partial charge on any atom is -0.496 e. The summed E-state index contributed by atoms with van der Waals surface area (Å²) < 4.78 is 16.6. The van der Waals surface area contributed by atoms with E-state index in [-0.39, 0.29) is 10.7 Å². The van der Waals surface area contributed by atoms with E-state index in [4.69, 9.17) is 38.0 Å². The van der Waals surface area contributed by atoms with Crippen LogP contribution in [0.1, 0.15) is 10.4 Å². The van der Waals surface area contributed by atoms with Crippen LogP contribution in [0.2, 0.25) is 5.02 Å². The third kappa shape index (κ3) is 4.11. The van der Waals surface area contributed by atoms with Crippen molar-refractivity contribution in [1.29, 1.82) is 0 Å². The number of fused-ring (bicyclic) bond motifs is 1. The molecule has 2 aromatic carbocycles. The van der Waals surface area contributed by atoms with Gasteiger partial charge in [-0.1, -0.05) is 29.0 Å².